The SMILES string of the molecule is CCCc1ccc(N(C)CCNC)cc1. The first-order valence-electron chi connectivity index (χ1n) is 5.72. The standard InChI is InChI=1S/C13H22N2/c1-4-5-12-6-8-13(9-7-12)15(3)11-10-14-2/h6-9,14H,4-5,10-11H2,1-3H3. The summed E-state index contributed by atoms with van der Waals surface area (Å²) in [5.74, 6) is 0. The van der Waals surface area contributed by atoms with E-state index in [0.717, 1.165) is 13.1 Å². The molecule has 1 rings (SSSR count). The lowest BCUT2D eigenvalue weighted by atomic mass is 10.1. The highest BCUT2D eigenvalue weighted by molar-refractivity contribution is 5.46. The van der Waals surface area contributed by atoms with Crippen LogP contribution in [-0.4, -0.2) is 27.2 Å². The van der Waals surface area contributed by atoms with Crippen molar-refractivity contribution in [1.29, 1.82) is 0 Å². The first-order valence-corrected chi connectivity index (χ1v) is 5.72. The van der Waals surface area contributed by atoms with Crippen molar-refractivity contribution in [2.75, 3.05) is 32.1 Å². The smallest absolute Gasteiger partial charge is 0.0364 e. The largest absolute Gasteiger partial charge is 0.373 e. The zero-order valence-electron chi connectivity index (χ0n) is 10.1. The topological polar surface area (TPSA) is 15.3 Å². The Hall–Kier alpha value is -1.02. The second-order valence-electron chi connectivity index (χ2n) is 3.94. The summed E-state index contributed by atoms with van der Waals surface area (Å²) in [6.07, 6.45) is 2.40. The van der Waals surface area contributed by atoms with Gasteiger partial charge in [-0.2, -0.15) is 0 Å². The molecular formula is C13H22N2. The van der Waals surface area contributed by atoms with Gasteiger partial charge in [-0.05, 0) is 31.2 Å². The lowest BCUT2D eigenvalue weighted by molar-refractivity contribution is 0.767. The molecule has 0 heterocycles. The van der Waals surface area contributed by atoms with Gasteiger partial charge in [0.1, 0.15) is 0 Å². The van der Waals surface area contributed by atoms with Gasteiger partial charge in [0.05, 0.1) is 0 Å². The van der Waals surface area contributed by atoms with Crippen molar-refractivity contribution in [2.24, 2.45) is 0 Å². The summed E-state index contributed by atoms with van der Waals surface area (Å²) < 4.78 is 0. The molecule has 0 aromatic heterocycles. The normalized spacial score (nSPS) is 10.3. The van der Waals surface area contributed by atoms with Crippen molar-refractivity contribution in [3.05, 3.63) is 29.8 Å². The predicted octanol–water partition coefficient (Wildman–Crippen LogP) is 2.29. The van der Waals surface area contributed by atoms with Crippen molar-refractivity contribution >= 4 is 5.69 Å². The Labute approximate surface area is 93.3 Å². The van der Waals surface area contributed by atoms with Crippen molar-refractivity contribution in [3.8, 4) is 0 Å². The first-order chi connectivity index (χ1) is 7.27. The molecule has 2 heteroatoms. The molecule has 15 heavy (non-hydrogen) atoms. The Morgan fingerprint density at radius 1 is 1.20 bits per heavy atom. The van der Waals surface area contributed by atoms with E-state index in [1.807, 2.05) is 7.05 Å². The summed E-state index contributed by atoms with van der Waals surface area (Å²) in [5.41, 5.74) is 2.73. The van der Waals surface area contributed by atoms with Gasteiger partial charge in [0, 0.05) is 25.8 Å². The maximum absolute atomic E-state index is 3.16. The van der Waals surface area contributed by atoms with Crippen molar-refractivity contribution in [3.63, 3.8) is 0 Å². The summed E-state index contributed by atoms with van der Waals surface area (Å²) in [7, 11) is 4.12. The summed E-state index contributed by atoms with van der Waals surface area (Å²) in [6, 6.07) is 8.88. The number of aryl methyl sites for hydroxylation is 1. The van der Waals surface area contributed by atoms with Gasteiger partial charge in [0.15, 0.2) is 0 Å². The third-order valence-electron chi connectivity index (χ3n) is 2.61. The monoisotopic (exact) mass is 206 g/mol. The molecule has 0 aliphatic carbocycles. The lowest BCUT2D eigenvalue weighted by Gasteiger charge is -2.19. The minimum Gasteiger partial charge on any atom is -0.373 e. The van der Waals surface area contributed by atoms with E-state index in [4.69, 9.17) is 0 Å². The van der Waals surface area contributed by atoms with Crippen LogP contribution in [0.5, 0.6) is 0 Å². The second-order valence-corrected chi connectivity index (χ2v) is 3.94. The van der Waals surface area contributed by atoms with E-state index < -0.39 is 0 Å². The van der Waals surface area contributed by atoms with Gasteiger partial charge in [-0.1, -0.05) is 25.5 Å². The number of nitrogens with one attached hydrogen (secondary N) is 1. The molecule has 0 amide bonds. The molecule has 0 fully saturated rings. The zero-order valence-corrected chi connectivity index (χ0v) is 10.1. The van der Waals surface area contributed by atoms with E-state index >= 15 is 0 Å². The average Bonchev–Trinajstić information content (AvgIpc) is 2.27. The molecule has 0 aliphatic rings. The van der Waals surface area contributed by atoms with E-state index in [2.05, 4.69) is 48.5 Å². The van der Waals surface area contributed by atoms with Gasteiger partial charge in [0.2, 0.25) is 0 Å². The van der Waals surface area contributed by atoms with E-state index in [1.54, 1.807) is 0 Å². The van der Waals surface area contributed by atoms with Crippen LogP contribution >= 0.6 is 0 Å². The molecule has 2 nitrogen and oxygen atoms in total. The van der Waals surface area contributed by atoms with Gasteiger partial charge < -0.3 is 10.2 Å². The molecule has 1 aromatic carbocycles. The fourth-order valence-electron chi connectivity index (χ4n) is 1.61. The van der Waals surface area contributed by atoms with Gasteiger partial charge in [-0.25, -0.2) is 0 Å². The summed E-state index contributed by atoms with van der Waals surface area (Å²) >= 11 is 0. The Morgan fingerprint density at radius 3 is 2.40 bits per heavy atom. The Bertz CT molecular complexity index is 266. The Morgan fingerprint density at radius 2 is 1.87 bits per heavy atom. The first kappa shape index (κ1) is 12.1. The van der Waals surface area contributed by atoms with Crippen LogP contribution in [0, 0.1) is 0 Å². The number of anilines is 1. The Kier molecular flexibility index (Phi) is 5.19. The van der Waals surface area contributed by atoms with Gasteiger partial charge in [0.25, 0.3) is 0 Å². The van der Waals surface area contributed by atoms with Crippen molar-refractivity contribution in [1.82, 2.24) is 5.32 Å². The maximum Gasteiger partial charge on any atom is 0.0364 e. The number of rotatable bonds is 6. The van der Waals surface area contributed by atoms with E-state index in [0.29, 0.717) is 0 Å². The molecule has 84 valence electrons. The molecule has 0 spiro atoms. The van der Waals surface area contributed by atoms with Gasteiger partial charge in [-0.15, -0.1) is 0 Å². The van der Waals surface area contributed by atoms with Gasteiger partial charge in [-0.3, -0.25) is 0 Å². The highest BCUT2D eigenvalue weighted by atomic mass is 15.1. The molecular weight excluding hydrogens is 184 g/mol. The van der Waals surface area contributed by atoms with Crippen LogP contribution in [0.1, 0.15) is 18.9 Å². The minimum absolute atomic E-state index is 1.02. The number of nitrogens with zero attached hydrogens (tertiary/aromatic N) is 1. The molecule has 0 aliphatic heterocycles. The average molecular weight is 206 g/mol. The number of hydrogen-bond donors (Lipinski definition) is 1. The fraction of sp³-hybridized carbons (Fsp3) is 0.538. The minimum atomic E-state index is 1.02. The fourth-order valence-corrected chi connectivity index (χ4v) is 1.61. The van der Waals surface area contributed by atoms with E-state index in [1.165, 1.54) is 24.1 Å². The highest BCUT2D eigenvalue weighted by Gasteiger charge is 1.99. The Balaban J connectivity index is 2.54. The van der Waals surface area contributed by atoms with Crippen LogP contribution in [-0.2, 0) is 6.42 Å². The van der Waals surface area contributed by atoms with Crippen LogP contribution in [0.15, 0.2) is 24.3 Å². The van der Waals surface area contributed by atoms with E-state index in [-0.39, 0.29) is 0 Å². The van der Waals surface area contributed by atoms with Crippen LogP contribution < -0.4 is 10.2 Å². The molecule has 0 unspecified atom stereocenters. The molecule has 1 aromatic rings. The van der Waals surface area contributed by atoms with Gasteiger partial charge >= 0.3 is 0 Å². The zero-order chi connectivity index (χ0) is 11.1. The predicted molar refractivity (Wildman–Crippen MR) is 67.6 cm³/mol. The van der Waals surface area contributed by atoms with Crippen molar-refractivity contribution < 1.29 is 0 Å². The molecule has 0 saturated carbocycles. The summed E-state index contributed by atoms with van der Waals surface area (Å²) in [5, 5.41) is 3.16. The van der Waals surface area contributed by atoms with Crippen LogP contribution in [0.4, 0.5) is 5.69 Å². The third kappa shape index (κ3) is 3.92. The van der Waals surface area contributed by atoms with E-state index in [9.17, 15) is 0 Å². The van der Waals surface area contributed by atoms with Crippen LogP contribution in [0.2, 0.25) is 0 Å². The molecule has 0 bridgehead atoms. The van der Waals surface area contributed by atoms with Crippen LogP contribution in [0.25, 0.3) is 0 Å². The third-order valence-corrected chi connectivity index (χ3v) is 2.61. The van der Waals surface area contributed by atoms with Crippen LogP contribution in [0.3, 0.4) is 0 Å². The number of hydrogen-bond acceptors (Lipinski definition) is 2. The summed E-state index contributed by atoms with van der Waals surface area (Å²) in [6.45, 7) is 4.28. The second kappa shape index (κ2) is 6.46. The number of benzene rings is 1. The maximum atomic E-state index is 3.16. The van der Waals surface area contributed by atoms with Crippen molar-refractivity contribution in [2.45, 2.75) is 19.8 Å². The quantitative estimate of drug-likeness (QED) is 0.768. The molecule has 0 atom stereocenters. The molecule has 1 N–H and O–H groups in total. The molecule has 0 saturated heterocycles. The lowest BCUT2D eigenvalue weighted by Crippen LogP contribution is -2.26. The highest BCUT2D eigenvalue weighted by Crippen LogP contribution is 2.14. The number of likely N-dealkylation sites (N-methyl/N-ethyl adjacent to an activating group) is 2. The molecule has 0 radical (unpaired) electrons. The summed E-state index contributed by atoms with van der Waals surface area (Å²) in [4.78, 5) is 2.27.